The molecular formula is C27H50O17P2. The van der Waals surface area contributed by atoms with E-state index in [4.69, 9.17) is 32.5 Å². The van der Waals surface area contributed by atoms with E-state index in [1.807, 2.05) is 6.92 Å². The Morgan fingerprint density at radius 2 is 0.978 bits per heavy atom. The maximum Gasteiger partial charge on any atom is 0.472 e. The summed E-state index contributed by atoms with van der Waals surface area (Å²) in [5.41, 5.74) is 0. The van der Waals surface area contributed by atoms with E-state index >= 15 is 0 Å². The van der Waals surface area contributed by atoms with E-state index in [1.54, 1.807) is 20.8 Å². The van der Waals surface area contributed by atoms with Gasteiger partial charge in [-0.1, -0.05) is 47.0 Å². The maximum absolute atomic E-state index is 12.3. The number of phosphoric acid groups is 2. The molecule has 0 aromatic heterocycles. The van der Waals surface area contributed by atoms with E-state index in [2.05, 4.69) is 4.52 Å². The average molecular weight is 709 g/mol. The third-order valence-corrected chi connectivity index (χ3v) is 7.50. The first-order valence-corrected chi connectivity index (χ1v) is 18.3. The Morgan fingerprint density at radius 1 is 0.543 bits per heavy atom. The lowest BCUT2D eigenvalue weighted by molar-refractivity contribution is -0.161. The zero-order valence-corrected chi connectivity index (χ0v) is 28.8. The van der Waals surface area contributed by atoms with Gasteiger partial charge in [0.25, 0.3) is 0 Å². The minimum absolute atomic E-state index is 0.0472. The Morgan fingerprint density at radius 3 is 1.43 bits per heavy atom. The van der Waals surface area contributed by atoms with Crippen LogP contribution >= 0.6 is 15.6 Å². The van der Waals surface area contributed by atoms with Crippen LogP contribution in [0.1, 0.15) is 91.9 Å². The molecule has 0 saturated carbocycles. The van der Waals surface area contributed by atoms with Gasteiger partial charge in [0.1, 0.15) is 19.3 Å². The molecule has 46 heavy (non-hydrogen) atoms. The molecule has 0 aromatic rings. The highest BCUT2D eigenvalue weighted by Crippen LogP contribution is 2.45. The van der Waals surface area contributed by atoms with Gasteiger partial charge in [0.2, 0.25) is 0 Å². The van der Waals surface area contributed by atoms with Crippen LogP contribution in [-0.4, -0.2) is 96.7 Å². The van der Waals surface area contributed by atoms with Gasteiger partial charge in [0.15, 0.2) is 12.2 Å². The quantitative estimate of drug-likeness (QED) is 0.0456. The standard InChI is InChI=1S/C27H50O17P2/c1-5-9-10-11-14-27(32)44-23(18-38-25(30)12-6-2)20-42-46(35,36)40-16-21(28)15-39-45(33,34)41-19-22(17-37-24(29)8-4)43-26(31)13-7-3/h21-23,28H,5-20H2,1-4H3,(H,33,34)(H,35,36)/t21-,22-,23-/m1/s1. The number of phosphoric ester groups is 2. The monoisotopic (exact) mass is 708 g/mol. The number of carbonyl (C=O) groups is 4. The Hall–Kier alpha value is -1.94. The summed E-state index contributed by atoms with van der Waals surface area (Å²) in [5.74, 6) is -2.42. The molecule has 3 N–H and O–H groups in total. The summed E-state index contributed by atoms with van der Waals surface area (Å²) in [6.07, 6.45) is 0.432. The van der Waals surface area contributed by atoms with Crippen molar-refractivity contribution in [2.45, 2.75) is 110 Å². The van der Waals surface area contributed by atoms with E-state index < -0.39 is 97.5 Å². The summed E-state index contributed by atoms with van der Waals surface area (Å²) in [7, 11) is -9.71. The van der Waals surface area contributed by atoms with E-state index in [9.17, 15) is 43.2 Å². The van der Waals surface area contributed by atoms with Crippen molar-refractivity contribution in [1.82, 2.24) is 0 Å². The van der Waals surface area contributed by atoms with Crippen LogP contribution in [0.5, 0.6) is 0 Å². The lowest BCUT2D eigenvalue weighted by Crippen LogP contribution is -2.30. The minimum Gasteiger partial charge on any atom is -0.462 e. The molecule has 0 heterocycles. The summed E-state index contributed by atoms with van der Waals surface area (Å²) < 4.78 is 63.8. The molecule has 2 unspecified atom stereocenters. The number of aliphatic hydroxyl groups excluding tert-OH is 1. The first-order valence-electron chi connectivity index (χ1n) is 15.3. The molecule has 0 radical (unpaired) electrons. The van der Waals surface area contributed by atoms with Crippen molar-refractivity contribution >= 4 is 39.5 Å². The van der Waals surface area contributed by atoms with Crippen molar-refractivity contribution in [3.63, 3.8) is 0 Å². The second-order valence-electron chi connectivity index (χ2n) is 10.0. The lowest BCUT2D eigenvalue weighted by atomic mass is 10.1. The molecule has 0 amide bonds. The van der Waals surface area contributed by atoms with Gasteiger partial charge in [-0.05, 0) is 19.3 Å². The van der Waals surface area contributed by atoms with Crippen LogP contribution in [0.25, 0.3) is 0 Å². The highest BCUT2D eigenvalue weighted by molar-refractivity contribution is 7.47. The van der Waals surface area contributed by atoms with Gasteiger partial charge in [-0.2, -0.15) is 0 Å². The molecule has 0 aromatic carbocycles. The van der Waals surface area contributed by atoms with Crippen molar-refractivity contribution in [3.05, 3.63) is 0 Å². The molecule has 0 rings (SSSR count). The van der Waals surface area contributed by atoms with E-state index in [0.717, 1.165) is 19.3 Å². The normalized spacial score (nSPS) is 15.9. The SMILES string of the molecule is CCCCCCC(=O)O[C@H](COC(=O)CCC)COP(=O)(O)OC[C@H](O)COP(=O)(O)OC[C@@H](COC(=O)CC)OC(=O)CCC. The van der Waals surface area contributed by atoms with Gasteiger partial charge in [-0.3, -0.25) is 37.3 Å². The number of ether oxygens (including phenoxy) is 4. The van der Waals surface area contributed by atoms with Gasteiger partial charge in [0.05, 0.1) is 26.4 Å². The van der Waals surface area contributed by atoms with Crippen LogP contribution in [0.2, 0.25) is 0 Å². The molecule has 270 valence electrons. The smallest absolute Gasteiger partial charge is 0.462 e. The van der Waals surface area contributed by atoms with E-state index in [0.29, 0.717) is 19.3 Å². The van der Waals surface area contributed by atoms with Crippen molar-refractivity contribution in [3.8, 4) is 0 Å². The lowest BCUT2D eigenvalue weighted by Gasteiger charge is -2.21. The molecule has 0 spiro atoms. The van der Waals surface area contributed by atoms with Gasteiger partial charge >= 0.3 is 39.5 Å². The van der Waals surface area contributed by atoms with Crippen molar-refractivity contribution in [2.24, 2.45) is 0 Å². The fourth-order valence-corrected chi connectivity index (χ4v) is 4.79. The highest BCUT2D eigenvalue weighted by Gasteiger charge is 2.30. The Bertz CT molecular complexity index is 991. The Labute approximate surface area is 269 Å². The number of rotatable bonds is 28. The molecule has 0 bridgehead atoms. The predicted octanol–water partition coefficient (Wildman–Crippen LogP) is 3.51. The van der Waals surface area contributed by atoms with Crippen LogP contribution in [0, 0.1) is 0 Å². The first kappa shape index (κ1) is 44.1. The summed E-state index contributed by atoms with van der Waals surface area (Å²) >= 11 is 0. The van der Waals surface area contributed by atoms with Crippen molar-refractivity contribution in [1.29, 1.82) is 0 Å². The van der Waals surface area contributed by atoms with E-state index in [1.165, 1.54) is 0 Å². The fourth-order valence-electron chi connectivity index (χ4n) is 3.21. The second kappa shape index (κ2) is 25.1. The molecule has 0 aliphatic heterocycles. The summed E-state index contributed by atoms with van der Waals surface area (Å²) in [6, 6.07) is 0. The molecule has 0 fully saturated rings. The van der Waals surface area contributed by atoms with Crippen molar-refractivity contribution in [2.75, 3.05) is 39.6 Å². The molecule has 5 atom stereocenters. The third kappa shape index (κ3) is 24.3. The van der Waals surface area contributed by atoms with Gasteiger partial charge < -0.3 is 33.8 Å². The van der Waals surface area contributed by atoms with Crippen LogP contribution in [0.4, 0.5) is 0 Å². The zero-order valence-electron chi connectivity index (χ0n) is 27.0. The number of carbonyl (C=O) groups excluding carboxylic acids is 4. The van der Waals surface area contributed by atoms with Crippen LogP contribution < -0.4 is 0 Å². The summed E-state index contributed by atoms with van der Waals surface area (Å²) in [6.45, 7) is 3.02. The summed E-state index contributed by atoms with van der Waals surface area (Å²) in [4.78, 5) is 67.1. The first-order chi connectivity index (χ1) is 21.7. The maximum atomic E-state index is 12.3. The Kier molecular flexibility index (Phi) is 24.1. The third-order valence-electron chi connectivity index (χ3n) is 5.60. The number of aliphatic hydroxyl groups is 1. The predicted molar refractivity (Wildman–Crippen MR) is 160 cm³/mol. The molecule has 19 heteroatoms. The van der Waals surface area contributed by atoms with E-state index in [-0.39, 0.29) is 25.7 Å². The largest absolute Gasteiger partial charge is 0.472 e. The fraction of sp³-hybridized carbons (Fsp3) is 0.852. The summed E-state index contributed by atoms with van der Waals surface area (Å²) in [5, 5.41) is 10.0. The molecule has 17 nitrogen and oxygen atoms in total. The van der Waals surface area contributed by atoms with Gasteiger partial charge in [0, 0.05) is 25.7 Å². The molecular weight excluding hydrogens is 658 g/mol. The van der Waals surface area contributed by atoms with Gasteiger partial charge in [-0.15, -0.1) is 0 Å². The zero-order chi connectivity index (χ0) is 35.0. The average Bonchev–Trinajstić information content (AvgIpc) is 3.00. The highest BCUT2D eigenvalue weighted by atomic mass is 31.2. The minimum atomic E-state index is -4.86. The van der Waals surface area contributed by atoms with Gasteiger partial charge in [-0.25, -0.2) is 9.13 Å². The molecule has 0 aliphatic rings. The number of hydrogen-bond acceptors (Lipinski definition) is 15. The number of unbranched alkanes of at least 4 members (excludes halogenated alkanes) is 3. The molecule has 0 aliphatic carbocycles. The van der Waals surface area contributed by atoms with Crippen molar-refractivity contribution < 1.29 is 80.2 Å². The topological polar surface area (TPSA) is 237 Å². The number of esters is 4. The Balaban J connectivity index is 4.88. The van der Waals surface area contributed by atoms with Crippen LogP contribution in [-0.2, 0) is 65.4 Å². The van der Waals surface area contributed by atoms with Crippen LogP contribution in [0.3, 0.4) is 0 Å². The second-order valence-corrected chi connectivity index (χ2v) is 12.9. The number of hydrogen-bond donors (Lipinski definition) is 3. The van der Waals surface area contributed by atoms with Crippen LogP contribution in [0.15, 0.2) is 0 Å². The molecule has 0 saturated heterocycles.